The van der Waals surface area contributed by atoms with Crippen molar-refractivity contribution < 1.29 is 18.3 Å². The highest BCUT2D eigenvalue weighted by molar-refractivity contribution is 7.91. The van der Waals surface area contributed by atoms with Crippen molar-refractivity contribution in [2.75, 3.05) is 11.5 Å². The monoisotopic (exact) mass is 297 g/mol. The molecule has 110 valence electrons. The third-order valence-corrected chi connectivity index (χ3v) is 5.50. The molecule has 1 aromatic carbocycles. The number of carboxylic acids is 1. The molecule has 0 amide bonds. The predicted molar refractivity (Wildman–Crippen MR) is 76.3 cm³/mol. The van der Waals surface area contributed by atoms with E-state index in [2.05, 4.69) is 5.32 Å². The summed E-state index contributed by atoms with van der Waals surface area (Å²) in [6, 6.07) is 7.33. The normalized spacial score (nSPS) is 24.6. The van der Waals surface area contributed by atoms with Crippen LogP contribution in [0.2, 0.25) is 0 Å². The molecule has 1 fully saturated rings. The zero-order chi connectivity index (χ0) is 14.8. The molecule has 0 bridgehead atoms. The van der Waals surface area contributed by atoms with Gasteiger partial charge >= 0.3 is 5.97 Å². The molecule has 0 saturated carbocycles. The maximum atomic E-state index is 11.5. The Bertz CT molecular complexity index is 594. The van der Waals surface area contributed by atoms with E-state index < -0.39 is 15.8 Å². The van der Waals surface area contributed by atoms with Gasteiger partial charge in [-0.15, -0.1) is 0 Å². The molecule has 0 aromatic heterocycles. The SMILES string of the molecule is CC1(NCc2ccc(CC(=O)O)cc2)CCS(=O)(=O)C1. The Morgan fingerprint density at radius 1 is 1.30 bits per heavy atom. The lowest BCUT2D eigenvalue weighted by Crippen LogP contribution is -2.42. The highest BCUT2D eigenvalue weighted by Gasteiger charge is 2.37. The van der Waals surface area contributed by atoms with Crippen LogP contribution in [0, 0.1) is 0 Å². The van der Waals surface area contributed by atoms with Crippen molar-refractivity contribution in [2.45, 2.75) is 31.8 Å². The van der Waals surface area contributed by atoms with Gasteiger partial charge in [-0.2, -0.15) is 0 Å². The highest BCUT2D eigenvalue weighted by Crippen LogP contribution is 2.23. The van der Waals surface area contributed by atoms with Crippen LogP contribution in [-0.4, -0.2) is 36.5 Å². The Balaban J connectivity index is 1.93. The smallest absolute Gasteiger partial charge is 0.307 e. The molecule has 0 spiro atoms. The standard InChI is InChI=1S/C14H19NO4S/c1-14(6-7-20(18,19)10-14)15-9-12-4-2-11(3-5-12)8-13(16)17/h2-5,15H,6-10H2,1H3,(H,16,17). The summed E-state index contributed by atoms with van der Waals surface area (Å²) in [7, 11) is -2.91. The zero-order valence-corrected chi connectivity index (χ0v) is 12.2. The van der Waals surface area contributed by atoms with Gasteiger partial charge in [-0.3, -0.25) is 4.79 Å². The minimum atomic E-state index is -2.91. The van der Waals surface area contributed by atoms with E-state index in [1.807, 2.05) is 19.1 Å². The lowest BCUT2D eigenvalue weighted by molar-refractivity contribution is -0.136. The quantitative estimate of drug-likeness (QED) is 0.846. The van der Waals surface area contributed by atoms with Gasteiger partial charge in [0.1, 0.15) is 0 Å². The van der Waals surface area contributed by atoms with E-state index in [9.17, 15) is 13.2 Å². The van der Waals surface area contributed by atoms with Crippen molar-refractivity contribution in [3.05, 3.63) is 35.4 Å². The molecule has 6 heteroatoms. The minimum absolute atomic E-state index is 0.0175. The lowest BCUT2D eigenvalue weighted by Gasteiger charge is -2.24. The number of rotatable bonds is 5. The Morgan fingerprint density at radius 3 is 2.40 bits per heavy atom. The molecule has 2 rings (SSSR count). The molecule has 1 aliphatic heterocycles. The van der Waals surface area contributed by atoms with Gasteiger partial charge in [0.25, 0.3) is 0 Å². The van der Waals surface area contributed by atoms with Crippen molar-refractivity contribution in [3.63, 3.8) is 0 Å². The fourth-order valence-corrected chi connectivity index (χ4v) is 4.54. The van der Waals surface area contributed by atoms with E-state index in [0.29, 0.717) is 13.0 Å². The van der Waals surface area contributed by atoms with E-state index in [1.165, 1.54) is 0 Å². The molecule has 5 nitrogen and oxygen atoms in total. The number of carbonyl (C=O) groups is 1. The van der Waals surface area contributed by atoms with Crippen LogP contribution >= 0.6 is 0 Å². The molecule has 1 aromatic rings. The summed E-state index contributed by atoms with van der Waals surface area (Å²) in [5, 5.41) is 12.0. The van der Waals surface area contributed by atoms with Crippen molar-refractivity contribution in [2.24, 2.45) is 0 Å². The Morgan fingerprint density at radius 2 is 1.90 bits per heavy atom. The summed E-state index contributed by atoms with van der Waals surface area (Å²) >= 11 is 0. The molecule has 1 unspecified atom stereocenters. The van der Waals surface area contributed by atoms with Gasteiger partial charge in [-0.05, 0) is 24.5 Å². The molecule has 1 atom stereocenters. The number of benzene rings is 1. The molecule has 0 radical (unpaired) electrons. The average Bonchev–Trinajstić information content (AvgIpc) is 2.63. The van der Waals surface area contributed by atoms with Crippen LogP contribution in [-0.2, 0) is 27.6 Å². The maximum Gasteiger partial charge on any atom is 0.307 e. The molecular weight excluding hydrogens is 278 g/mol. The molecular formula is C14H19NO4S. The molecule has 1 saturated heterocycles. The van der Waals surface area contributed by atoms with Crippen LogP contribution in [0.4, 0.5) is 0 Å². The van der Waals surface area contributed by atoms with E-state index in [4.69, 9.17) is 5.11 Å². The van der Waals surface area contributed by atoms with Crippen LogP contribution in [0.5, 0.6) is 0 Å². The van der Waals surface area contributed by atoms with Gasteiger partial charge in [-0.25, -0.2) is 8.42 Å². The molecule has 0 aliphatic carbocycles. The second kappa shape index (κ2) is 5.54. The first-order chi connectivity index (χ1) is 9.28. The van der Waals surface area contributed by atoms with Gasteiger partial charge in [-0.1, -0.05) is 24.3 Å². The van der Waals surface area contributed by atoms with Crippen LogP contribution in [0.15, 0.2) is 24.3 Å². The minimum Gasteiger partial charge on any atom is -0.481 e. The first-order valence-electron chi connectivity index (χ1n) is 6.53. The van der Waals surface area contributed by atoms with Crippen LogP contribution in [0.25, 0.3) is 0 Å². The second-order valence-electron chi connectivity index (χ2n) is 5.64. The van der Waals surface area contributed by atoms with E-state index in [-0.39, 0.29) is 23.5 Å². The number of sulfone groups is 1. The summed E-state index contributed by atoms with van der Waals surface area (Å²) in [5.74, 6) is -0.426. The van der Waals surface area contributed by atoms with Crippen molar-refractivity contribution in [1.82, 2.24) is 5.32 Å². The van der Waals surface area contributed by atoms with E-state index in [1.54, 1.807) is 12.1 Å². The second-order valence-corrected chi connectivity index (χ2v) is 7.83. The summed E-state index contributed by atoms with van der Waals surface area (Å²) in [6.07, 6.45) is 0.649. The number of carboxylic acid groups (broad SMARTS) is 1. The van der Waals surface area contributed by atoms with Crippen molar-refractivity contribution >= 4 is 15.8 Å². The van der Waals surface area contributed by atoms with E-state index >= 15 is 0 Å². The first-order valence-corrected chi connectivity index (χ1v) is 8.35. The molecule has 20 heavy (non-hydrogen) atoms. The van der Waals surface area contributed by atoms with Gasteiger partial charge in [0, 0.05) is 12.1 Å². The van der Waals surface area contributed by atoms with Crippen molar-refractivity contribution in [1.29, 1.82) is 0 Å². The van der Waals surface area contributed by atoms with Crippen LogP contribution in [0.3, 0.4) is 0 Å². The van der Waals surface area contributed by atoms with Gasteiger partial charge in [0.05, 0.1) is 17.9 Å². The first kappa shape index (κ1) is 15.0. The maximum absolute atomic E-state index is 11.5. The van der Waals surface area contributed by atoms with Gasteiger partial charge in [0.2, 0.25) is 0 Å². The average molecular weight is 297 g/mol. The van der Waals surface area contributed by atoms with Gasteiger partial charge in [0.15, 0.2) is 9.84 Å². The molecule has 1 aliphatic rings. The number of aliphatic carboxylic acids is 1. The summed E-state index contributed by atoms with van der Waals surface area (Å²) < 4.78 is 23.0. The lowest BCUT2D eigenvalue weighted by atomic mass is 10.0. The van der Waals surface area contributed by atoms with E-state index in [0.717, 1.165) is 11.1 Å². The Hall–Kier alpha value is -1.40. The fourth-order valence-electron chi connectivity index (χ4n) is 2.41. The fraction of sp³-hybridized carbons (Fsp3) is 0.500. The Kier molecular flexibility index (Phi) is 4.15. The van der Waals surface area contributed by atoms with Crippen LogP contribution in [0.1, 0.15) is 24.5 Å². The molecule has 1 heterocycles. The number of hydrogen-bond acceptors (Lipinski definition) is 4. The zero-order valence-electron chi connectivity index (χ0n) is 11.4. The van der Waals surface area contributed by atoms with Gasteiger partial charge < -0.3 is 10.4 Å². The van der Waals surface area contributed by atoms with Crippen molar-refractivity contribution in [3.8, 4) is 0 Å². The third-order valence-electron chi connectivity index (χ3n) is 3.60. The summed E-state index contributed by atoms with van der Waals surface area (Å²) in [4.78, 5) is 10.6. The third kappa shape index (κ3) is 4.05. The largest absolute Gasteiger partial charge is 0.481 e. The summed E-state index contributed by atoms with van der Waals surface area (Å²) in [6.45, 7) is 2.51. The number of hydrogen-bond donors (Lipinski definition) is 2. The predicted octanol–water partition coefficient (Wildman–Crippen LogP) is 0.981. The summed E-state index contributed by atoms with van der Waals surface area (Å²) in [5.41, 5.74) is 1.42. The Labute approximate surface area is 118 Å². The van der Waals surface area contributed by atoms with Crippen LogP contribution < -0.4 is 5.32 Å². The number of nitrogens with one attached hydrogen (secondary N) is 1. The topological polar surface area (TPSA) is 83.5 Å². The highest BCUT2D eigenvalue weighted by atomic mass is 32.2. The molecule has 2 N–H and O–H groups in total.